The number of alkyl halides is 2. The number of nitrogens with zero attached hydrogens (tertiary/aromatic N) is 1. The van der Waals surface area contributed by atoms with E-state index in [0.29, 0.717) is 18.8 Å². The molecule has 0 saturated carbocycles. The van der Waals surface area contributed by atoms with Crippen LogP contribution >= 0.6 is 0 Å². The van der Waals surface area contributed by atoms with Gasteiger partial charge in [-0.3, -0.25) is 4.31 Å². The van der Waals surface area contributed by atoms with E-state index >= 15 is 0 Å². The largest absolute Gasteiger partial charge is 0.435 e. The molecule has 2 bridgehead atoms. The highest BCUT2D eigenvalue weighted by Crippen LogP contribution is 2.39. The SMILES string of the molecule is O=S(=O)(c1ccc(OC(F)F)cc1)N1C2=CC[C@@H]1C[C@H](NCC1CCOCC1)C2. The van der Waals surface area contributed by atoms with E-state index in [0.717, 1.165) is 44.7 Å². The average molecular weight is 429 g/mol. The Balaban J connectivity index is 1.40. The fourth-order valence-corrected chi connectivity index (χ4v) is 6.15. The normalized spacial score (nSPS) is 25.3. The van der Waals surface area contributed by atoms with Gasteiger partial charge < -0.3 is 14.8 Å². The van der Waals surface area contributed by atoms with Crippen LogP contribution in [0.5, 0.6) is 5.75 Å². The maximum Gasteiger partial charge on any atom is 0.387 e. The highest BCUT2D eigenvalue weighted by molar-refractivity contribution is 7.89. The summed E-state index contributed by atoms with van der Waals surface area (Å²) in [5.41, 5.74) is 0.818. The number of fused-ring (bicyclic) bond motifs is 2. The van der Waals surface area contributed by atoms with Crippen molar-refractivity contribution in [3.8, 4) is 5.75 Å². The van der Waals surface area contributed by atoms with Crippen LogP contribution < -0.4 is 10.1 Å². The van der Waals surface area contributed by atoms with Gasteiger partial charge in [-0.05, 0) is 62.4 Å². The van der Waals surface area contributed by atoms with Gasteiger partial charge in [0.25, 0.3) is 10.0 Å². The summed E-state index contributed by atoms with van der Waals surface area (Å²) >= 11 is 0. The van der Waals surface area contributed by atoms with Gasteiger partial charge in [0.15, 0.2) is 0 Å². The van der Waals surface area contributed by atoms with E-state index in [1.807, 2.05) is 6.08 Å². The van der Waals surface area contributed by atoms with Gasteiger partial charge in [0.1, 0.15) is 5.75 Å². The monoisotopic (exact) mass is 428 g/mol. The third-order valence-electron chi connectivity index (χ3n) is 5.89. The molecule has 29 heavy (non-hydrogen) atoms. The number of hydrogen-bond acceptors (Lipinski definition) is 5. The molecule has 2 fully saturated rings. The standard InChI is InChI=1S/C20H26F2N2O4S/c21-20(22)28-18-3-5-19(6-4-18)29(25,26)24-16-1-2-17(24)12-15(11-16)23-13-14-7-9-27-10-8-14/h1,3-6,14-15,17,20,23H,2,7-13H2/t15-,17-/m1/s1. The van der Waals surface area contributed by atoms with Crippen LogP contribution in [0.1, 0.15) is 32.1 Å². The zero-order valence-corrected chi connectivity index (χ0v) is 16.9. The lowest BCUT2D eigenvalue weighted by Gasteiger charge is -2.38. The van der Waals surface area contributed by atoms with Crippen LogP contribution in [0.15, 0.2) is 40.9 Å². The van der Waals surface area contributed by atoms with Gasteiger partial charge in [0.05, 0.1) is 10.9 Å². The predicted octanol–water partition coefficient (Wildman–Crippen LogP) is 3.11. The van der Waals surface area contributed by atoms with Crippen LogP contribution in [0.2, 0.25) is 0 Å². The van der Waals surface area contributed by atoms with Crippen molar-refractivity contribution in [3.63, 3.8) is 0 Å². The first kappa shape index (κ1) is 20.6. The zero-order chi connectivity index (χ0) is 20.4. The van der Waals surface area contributed by atoms with Crippen molar-refractivity contribution in [1.82, 2.24) is 9.62 Å². The molecule has 0 amide bonds. The Morgan fingerprint density at radius 3 is 2.59 bits per heavy atom. The molecular weight excluding hydrogens is 402 g/mol. The van der Waals surface area contributed by atoms with Crippen LogP contribution in [0.4, 0.5) is 8.78 Å². The molecule has 0 unspecified atom stereocenters. The Hall–Kier alpha value is -1.71. The average Bonchev–Trinajstić information content (AvgIpc) is 2.99. The second-order valence-electron chi connectivity index (χ2n) is 7.84. The van der Waals surface area contributed by atoms with Gasteiger partial charge in [-0.2, -0.15) is 8.78 Å². The summed E-state index contributed by atoms with van der Waals surface area (Å²) in [5, 5.41) is 3.62. The number of hydrogen-bond donors (Lipinski definition) is 1. The number of nitrogens with one attached hydrogen (secondary N) is 1. The molecule has 3 aliphatic rings. The number of sulfonamides is 1. The van der Waals surface area contributed by atoms with Crippen LogP contribution in [0.3, 0.4) is 0 Å². The molecule has 1 aromatic carbocycles. The molecule has 0 aromatic heterocycles. The molecule has 160 valence electrons. The van der Waals surface area contributed by atoms with Crippen molar-refractivity contribution in [2.45, 2.75) is 55.7 Å². The van der Waals surface area contributed by atoms with Crippen molar-refractivity contribution < 1.29 is 26.7 Å². The Bertz CT molecular complexity index is 839. The van der Waals surface area contributed by atoms with Crippen molar-refractivity contribution in [2.24, 2.45) is 5.92 Å². The van der Waals surface area contributed by atoms with Crippen LogP contribution in [-0.4, -0.2) is 51.2 Å². The molecule has 3 aliphatic heterocycles. The van der Waals surface area contributed by atoms with Crippen LogP contribution in [0, 0.1) is 5.92 Å². The molecule has 6 nitrogen and oxygen atoms in total. The zero-order valence-electron chi connectivity index (χ0n) is 16.1. The lowest BCUT2D eigenvalue weighted by molar-refractivity contribution is -0.0498. The quantitative estimate of drug-likeness (QED) is 0.723. The molecular formula is C20H26F2N2O4S. The summed E-state index contributed by atoms with van der Waals surface area (Å²) in [4.78, 5) is 0.0885. The predicted molar refractivity (Wildman–Crippen MR) is 103 cm³/mol. The summed E-state index contributed by atoms with van der Waals surface area (Å²) in [6.45, 7) is -0.367. The Kier molecular flexibility index (Phi) is 6.08. The minimum atomic E-state index is -3.72. The van der Waals surface area contributed by atoms with Gasteiger partial charge in [-0.15, -0.1) is 0 Å². The molecule has 2 saturated heterocycles. The fourth-order valence-electron chi connectivity index (χ4n) is 4.42. The van der Waals surface area contributed by atoms with Crippen LogP contribution in [0.25, 0.3) is 0 Å². The second-order valence-corrected chi connectivity index (χ2v) is 9.65. The van der Waals surface area contributed by atoms with Gasteiger partial charge >= 0.3 is 6.61 Å². The molecule has 9 heteroatoms. The molecule has 4 rings (SSSR count). The maximum atomic E-state index is 13.2. The molecule has 0 radical (unpaired) electrons. The van der Waals surface area contributed by atoms with Crippen molar-refractivity contribution in [3.05, 3.63) is 36.0 Å². The van der Waals surface area contributed by atoms with Crippen molar-refractivity contribution >= 4 is 10.0 Å². The smallest absolute Gasteiger partial charge is 0.387 e. The third-order valence-corrected chi connectivity index (χ3v) is 7.81. The number of piperidine rings is 1. The maximum absolute atomic E-state index is 13.2. The number of ether oxygens (including phenoxy) is 2. The molecule has 3 heterocycles. The van der Waals surface area contributed by atoms with E-state index in [-0.39, 0.29) is 22.7 Å². The van der Waals surface area contributed by atoms with E-state index in [9.17, 15) is 17.2 Å². The molecule has 0 spiro atoms. The first-order valence-corrected chi connectivity index (χ1v) is 11.5. The lowest BCUT2D eigenvalue weighted by Crippen LogP contribution is -2.47. The highest BCUT2D eigenvalue weighted by Gasteiger charge is 2.42. The van der Waals surface area contributed by atoms with Gasteiger partial charge in [-0.1, -0.05) is 6.08 Å². The van der Waals surface area contributed by atoms with Crippen molar-refractivity contribution in [1.29, 1.82) is 0 Å². The van der Waals surface area contributed by atoms with Gasteiger partial charge in [0, 0.05) is 31.4 Å². The minimum Gasteiger partial charge on any atom is -0.435 e. The summed E-state index contributed by atoms with van der Waals surface area (Å²) in [6, 6.07) is 5.33. The summed E-state index contributed by atoms with van der Waals surface area (Å²) in [6.07, 6.45) is 6.28. The van der Waals surface area contributed by atoms with E-state index < -0.39 is 16.6 Å². The summed E-state index contributed by atoms with van der Waals surface area (Å²) < 4.78 is 62.1. The second kappa shape index (κ2) is 8.57. The Morgan fingerprint density at radius 2 is 1.93 bits per heavy atom. The van der Waals surface area contributed by atoms with E-state index in [2.05, 4.69) is 10.1 Å². The van der Waals surface area contributed by atoms with Gasteiger partial charge in [-0.25, -0.2) is 8.42 Å². The molecule has 0 aliphatic carbocycles. The minimum absolute atomic E-state index is 0.0582. The first-order chi connectivity index (χ1) is 13.9. The van der Waals surface area contributed by atoms with E-state index in [1.165, 1.54) is 28.6 Å². The van der Waals surface area contributed by atoms with E-state index in [4.69, 9.17) is 4.74 Å². The first-order valence-electron chi connectivity index (χ1n) is 10.0. The highest BCUT2D eigenvalue weighted by atomic mass is 32.2. The molecule has 1 aromatic rings. The Morgan fingerprint density at radius 1 is 1.21 bits per heavy atom. The number of rotatable bonds is 7. The summed E-state index contributed by atoms with van der Waals surface area (Å²) in [7, 11) is -3.72. The van der Waals surface area contributed by atoms with Crippen LogP contribution in [-0.2, 0) is 14.8 Å². The molecule has 2 atom stereocenters. The van der Waals surface area contributed by atoms with Crippen molar-refractivity contribution in [2.75, 3.05) is 19.8 Å². The topological polar surface area (TPSA) is 67.9 Å². The Labute approximate surface area is 169 Å². The van der Waals surface area contributed by atoms with E-state index in [1.54, 1.807) is 0 Å². The third kappa shape index (κ3) is 4.57. The summed E-state index contributed by atoms with van der Waals surface area (Å²) in [5.74, 6) is 0.559. The number of halogens is 2. The number of benzene rings is 1. The fraction of sp³-hybridized carbons (Fsp3) is 0.600. The molecule has 1 N–H and O–H groups in total. The lowest BCUT2D eigenvalue weighted by atomic mass is 9.97. The van der Waals surface area contributed by atoms with Gasteiger partial charge in [0.2, 0.25) is 0 Å².